The molecule has 2 heterocycles. The van der Waals surface area contributed by atoms with Crippen molar-refractivity contribution >= 4 is 23.3 Å². The number of hydrogen-bond donors (Lipinski definition) is 0. The van der Waals surface area contributed by atoms with E-state index in [1.54, 1.807) is 13.1 Å². The number of carbonyl (C=O) groups is 2. The van der Waals surface area contributed by atoms with Crippen molar-refractivity contribution in [2.45, 2.75) is 38.9 Å². The van der Waals surface area contributed by atoms with Gasteiger partial charge in [-0.2, -0.15) is 13.2 Å². The summed E-state index contributed by atoms with van der Waals surface area (Å²) in [6.07, 6.45) is -4.26. The first kappa shape index (κ1) is 19.9. The molecule has 1 saturated heterocycles. The van der Waals surface area contributed by atoms with Gasteiger partial charge in [0, 0.05) is 24.8 Å². The Labute approximate surface area is 160 Å². The number of anilines is 2. The van der Waals surface area contributed by atoms with Crippen LogP contribution < -0.4 is 9.80 Å². The van der Waals surface area contributed by atoms with Crippen LogP contribution in [0.2, 0.25) is 0 Å². The minimum atomic E-state index is -4.57. The number of amides is 2. The molecular formula is C20H20F3N3O2. The molecule has 8 heteroatoms. The van der Waals surface area contributed by atoms with E-state index in [-0.39, 0.29) is 30.3 Å². The summed E-state index contributed by atoms with van der Waals surface area (Å²) in [4.78, 5) is 32.1. The molecule has 1 atom stereocenters. The van der Waals surface area contributed by atoms with Crippen LogP contribution in [-0.4, -0.2) is 29.9 Å². The average Bonchev–Trinajstić information content (AvgIpc) is 3.00. The van der Waals surface area contributed by atoms with Crippen LogP contribution in [0.5, 0.6) is 0 Å². The lowest BCUT2D eigenvalue weighted by Gasteiger charge is -2.28. The van der Waals surface area contributed by atoms with Gasteiger partial charge in [-0.05, 0) is 50.1 Å². The van der Waals surface area contributed by atoms with Crippen molar-refractivity contribution in [3.05, 3.63) is 53.2 Å². The van der Waals surface area contributed by atoms with Crippen molar-refractivity contribution in [3.8, 4) is 0 Å². The Hall–Kier alpha value is -2.90. The third kappa shape index (κ3) is 3.85. The molecule has 1 fully saturated rings. The Morgan fingerprint density at radius 2 is 1.93 bits per heavy atom. The number of carbonyl (C=O) groups excluding carboxylic acids is 2. The highest BCUT2D eigenvalue weighted by Crippen LogP contribution is 2.34. The second-order valence-corrected chi connectivity index (χ2v) is 6.91. The molecule has 0 spiro atoms. The van der Waals surface area contributed by atoms with Crippen molar-refractivity contribution in [1.29, 1.82) is 0 Å². The molecule has 2 aromatic rings. The van der Waals surface area contributed by atoms with Crippen LogP contribution in [-0.2, 0) is 15.8 Å². The molecule has 0 radical (unpaired) electrons. The van der Waals surface area contributed by atoms with E-state index in [1.165, 1.54) is 11.8 Å². The van der Waals surface area contributed by atoms with E-state index in [0.717, 1.165) is 22.6 Å². The van der Waals surface area contributed by atoms with Gasteiger partial charge in [-0.1, -0.05) is 12.1 Å². The fourth-order valence-corrected chi connectivity index (χ4v) is 3.33. The van der Waals surface area contributed by atoms with Crippen molar-refractivity contribution < 1.29 is 22.8 Å². The highest BCUT2D eigenvalue weighted by atomic mass is 19.4. The third-order valence-electron chi connectivity index (χ3n) is 4.73. The molecule has 0 N–H and O–H groups in total. The van der Waals surface area contributed by atoms with Crippen molar-refractivity contribution in [2.75, 3.05) is 16.8 Å². The maximum atomic E-state index is 13.2. The molecule has 1 aromatic carbocycles. The Balaban J connectivity index is 1.96. The number of halogens is 3. The van der Waals surface area contributed by atoms with Crippen molar-refractivity contribution in [3.63, 3.8) is 0 Å². The zero-order valence-corrected chi connectivity index (χ0v) is 15.7. The van der Waals surface area contributed by atoms with E-state index < -0.39 is 23.7 Å². The van der Waals surface area contributed by atoms with Crippen molar-refractivity contribution in [1.82, 2.24) is 4.98 Å². The lowest BCUT2D eigenvalue weighted by Crippen LogP contribution is -2.46. The zero-order chi connectivity index (χ0) is 20.6. The topological polar surface area (TPSA) is 53.5 Å². The van der Waals surface area contributed by atoms with Gasteiger partial charge in [-0.3, -0.25) is 14.5 Å². The summed E-state index contributed by atoms with van der Waals surface area (Å²) >= 11 is 0. The van der Waals surface area contributed by atoms with Gasteiger partial charge in [-0.25, -0.2) is 4.98 Å². The highest BCUT2D eigenvalue weighted by Gasteiger charge is 2.41. The predicted molar refractivity (Wildman–Crippen MR) is 99.1 cm³/mol. The Kier molecular flexibility index (Phi) is 5.14. The maximum absolute atomic E-state index is 13.2. The zero-order valence-electron chi connectivity index (χ0n) is 15.7. The second-order valence-electron chi connectivity index (χ2n) is 6.91. The van der Waals surface area contributed by atoms with Crippen LogP contribution in [0, 0.1) is 13.8 Å². The van der Waals surface area contributed by atoms with Crippen LogP contribution in [0.4, 0.5) is 24.7 Å². The Bertz CT molecular complexity index is 927. The standard InChI is InChI=1S/C20H20F3N3O2/c1-12-5-4-6-15(9-12)25(3)19(28)16-7-8-18(27)26(16)17-11-14(20(21,22)23)10-13(2)24-17/h4-6,9-11,16H,7-8H2,1-3H3/t16-/m0/s1. The maximum Gasteiger partial charge on any atom is 0.416 e. The van der Waals surface area contributed by atoms with E-state index in [4.69, 9.17) is 0 Å². The van der Waals surface area contributed by atoms with Crippen LogP contribution in [0.15, 0.2) is 36.4 Å². The van der Waals surface area contributed by atoms with E-state index in [0.29, 0.717) is 5.69 Å². The molecule has 1 aliphatic heterocycles. The van der Waals surface area contributed by atoms with Gasteiger partial charge in [0.25, 0.3) is 0 Å². The molecular weight excluding hydrogens is 371 g/mol. The molecule has 0 aliphatic carbocycles. The normalized spacial score (nSPS) is 17.1. The van der Waals surface area contributed by atoms with Gasteiger partial charge in [0.1, 0.15) is 11.9 Å². The highest BCUT2D eigenvalue weighted by molar-refractivity contribution is 6.08. The number of nitrogens with zero attached hydrogens (tertiary/aromatic N) is 3. The van der Waals surface area contributed by atoms with E-state index in [2.05, 4.69) is 4.98 Å². The molecule has 0 unspecified atom stereocenters. The molecule has 3 rings (SSSR count). The first-order valence-corrected chi connectivity index (χ1v) is 8.80. The minimum absolute atomic E-state index is 0.0784. The summed E-state index contributed by atoms with van der Waals surface area (Å²) < 4.78 is 39.5. The van der Waals surface area contributed by atoms with Gasteiger partial charge in [0.15, 0.2) is 0 Å². The first-order valence-electron chi connectivity index (χ1n) is 8.80. The minimum Gasteiger partial charge on any atom is -0.314 e. The fraction of sp³-hybridized carbons (Fsp3) is 0.350. The summed E-state index contributed by atoms with van der Waals surface area (Å²) in [7, 11) is 1.59. The van der Waals surface area contributed by atoms with Crippen LogP contribution in [0.25, 0.3) is 0 Å². The lowest BCUT2D eigenvalue weighted by atomic mass is 10.1. The van der Waals surface area contributed by atoms with E-state index in [1.807, 2.05) is 25.1 Å². The largest absolute Gasteiger partial charge is 0.416 e. The lowest BCUT2D eigenvalue weighted by molar-refractivity contribution is -0.137. The number of pyridine rings is 1. The van der Waals surface area contributed by atoms with Crippen molar-refractivity contribution in [2.24, 2.45) is 0 Å². The van der Waals surface area contributed by atoms with Gasteiger partial charge in [0.05, 0.1) is 5.56 Å². The Morgan fingerprint density at radius 3 is 2.57 bits per heavy atom. The summed E-state index contributed by atoms with van der Waals surface area (Å²) in [5, 5.41) is 0. The molecule has 28 heavy (non-hydrogen) atoms. The van der Waals surface area contributed by atoms with Crippen LogP contribution >= 0.6 is 0 Å². The molecule has 1 aromatic heterocycles. The molecule has 1 aliphatic rings. The summed E-state index contributed by atoms with van der Waals surface area (Å²) in [5.41, 5.74) is 0.847. The predicted octanol–water partition coefficient (Wildman–Crippen LogP) is 3.88. The van der Waals surface area contributed by atoms with E-state index in [9.17, 15) is 22.8 Å². The number of aryl methyl sites for hydroxylation is 2. The molecule has 148 valence electrons. The number of aromatic nitrogens is 1. The number of alkyl halides is 3. The molecule has 5 nitrogen and oxygen atoms in total. The third-order valence-corrected chi connectivity index (χ3v) is 4.73. The number of hydrogen-bond acceptors (Lipinski definition) is 3. The van der Waals surface area contributed by atoms with Gasteiger partial charge in [0.2, 0.25) is 11.8 Å². The van der Waals surface area contributed by atoms with E-state index >= 15 is 0 Å². The first-order chi connectivity index (χ1) is 13.1. The monoisotopic (exact) mass is 391 g/mol. The fourth-order valence-electron chi connectivity index (χ4n) is 3.33. The SMILES string of the molecule is Cc1cccc(N(C)C(=O)[C@@H]2CCC(=O)N2c2cc(C(F)(F)F)cc(C)n2)c1. The van der Waals surface area contributed by atoms with Gasteiger partial charge >= 0.3 is 6.18 Å². The number of benzene rings is 1. The summed E-state index contributed by atoms with van der Waals surface area (Å²) in [6, 6.07) is 8.13. The smallest absolute Gasteiger partial charge is 0.314 e. The summed E-state index contributed by atoms with van der Waals surface area (Å²) in [6.45, 7) is 3.32. The quantitative estimate of drug-likeness (QED) is 0.798. The molecule has 2 amide bonds. The number of rotatable bonds is 3. The number of likely N-dealkylation sites (N-methyl/N-ethyl adjacent to an activating group) is 1. The molecule has 0 bridgehead atoms. The van der Waals surface area contributed by atoms with Gasteiger partial charge in [-0.15, -0.1) is 0 Å². The Morgan fingerprint density at radius 1 is 1.21 bits per heavy atom. The second kappa shape index (κ2) is 7.26. The van der Waals surface area contributed by atoms with Crippen LogP contribution in [0.1, 0.15) is 29.7 Å². The van der Waals surface area contributed by atoms with Gasteiger partial charge < -0.3 is 4.90 Å². The molecule has 0 saturated carbocycles. The summed E-state index contributed by atoms with van der Waals surface area (Å²) in [5.74, 6) is -0.929. The van der Waals surface area contributed by atoms with Crippen LogP contribution in [0.3, 0.4) is 0 Å². The average molecular weight is 391 g/mol.